The van der Waals surface area contributed by atoms with E-state index in [1.807, 2.05) is 40.9 Å². The summed E-state index contributed by atoms with van der Waals surface area (Å²) >= 11 is 1.90. The highest BCUT2D eigenvalue weighted by atomic mass is 32.2. The fourth-order valence-corrected chi connectivity index (χ4v) is 5.62. The van der Waals surface area contributed by atoms with Gasteiger partial charge in [-0.05, 0) is 59.0 Å². The Hall–Kier alpha value is -3.18. The SMILES string of the molecule is O=C(/C=C/c1ccc(C2c3ccc(O)cc3CCN2c2ccccc2)cc1)N1CCSCC1. The number of fused-ring (bicyclic) bond motifs is 1. The second-order valence-corrected chi connectivity index (χ2v) is 9.73. The van der Waals surface area contributed by atoms with E-state index in [1.165, 1.54) is 22.4 Å². The highest BCUT2D eigenvalue weighted by Crippen LogP contribution is 2.39. The van der Waals surface area contributed by atoms with Gasteiger partial charge in [0.1, 0.15) is 5.75 Å². The molecule has 2 aliphatic heterocycles. The Bertz CT molecular complexity index is 1140. The second-order valence-electron chi connectivity index (χ2n) is 8.50. The number of phenolic OH excluding ortho intramolecular Hbond substituents is 1. The van der Waals surface area contributed by atoms with Crippen LogP contribution in [-0.2, 0) is 11.2 Å². The van der Waals surface area contributed by atoms with Gasteiger partial charge in [0, 0.05) is 42.9 Å². The topological polar surface area (TPSA) is 43.8 Å². The molecular formula is C28H28N2O2S. The zero-order chi connectivity index (χ0) is 22.6. The largest absolute Gasteiger partial charge is 0.508 e. The summed E-state index contributed by atoms with van der Waals surface area (Å²) < 4.78 is 0. The van der Waals surface area contributed by atoms with Gasteiger partial charge in [-0.15, -0.1) is 0 Å². The van der Waals surface area contributed by atoms with Crippen LogP contribution in [0.4, 0.5) is 5.69 Å². The van der Waals surface area contributed by atoms with E-state index in [2.05, 4.69) is 53.4 Å². The summed E-state index contributed by atoms with van der Waals surface area (Å²) in [6, 6.07) is 24.8. The molecule has 33 heavy (non-hydrogen) atoms. The first-order chi connectivity index (χ1) is 16.2. The van der Waals surface area contributed by atoms with Crippen LogP contribution in [-0.4, -0.2) is 47.1 Å². The Kier molecular flexibility index (Phi) is 6.40. The van der Waals surface area contributed by atoms with Gasteiger partial charge in [-0.3, -0.25) is 4.79 Å². The third-order valence-corrected chi connectivity index (χ3v) is 7.38. The van der Waals surface area contributed by atoms with E-state index in [4.69, 9.17) is 0 Å². The van der Waals surface area contributed by atoms with Gasteiger partial charge in [0.2, 0.25) is 5.91 Å². The normalized spacial score (nSPS) is 18.4. The molecular weight excluding hydrogens is 428 g/mol. The summed E-state index contributed by atoms with van der Waals surface area (Å²) in [5, 5.41) is 10.0. The zero-order valence-electron chi connectivity index (χ0n) is 18.6. The first kappa shape index (κ1) is 21.7. The minimum atomic E-state index is 0.0715. The number of hydrogen-bond acceptors (Lipinski definition) is 4. The molecule has 1 atom stereocenters. The zero-order valence-corrected chi connectivity index (χ0v) is 19.4. The van der Waals surface area contributed by atoms with Crippen LogP contribution in [0, 0.1) is 0 Å². The molecule has 1 saturated heterocycles. The van der Waals surface area contributed by atoms with Crippen molar-refractivity contribution in [2.24, 2.45) is 0 Å². The van der Waals surface area contributed by atoms with Gasteiger partial charge in [0.25, 0.3) is 0 Å². The quantitative estimate of drug-likeness (QED) is 0.553. The van der Waals surface area contributed by atoms with Gasteiger partial charge in [-0.2, -0.15) is 11.8 Å². The van der Waals surface area contributed by atoms with Crippen LogP contribution in [0.5, 0.6) is 5.75 Å². The van der Waals surface area contributed by atoms with Crippen LogP contribution in [0.25, 0.3) is 6.08 Å². The van der Waals surface area contributed by atoms with Gasteiger partial charge in [0.15, 0.2) is 0 Å². The summed E-state index contributed by atoms with van der Waals surface area (Å²) in [6.45, 7) is 2.55. The molecule has 0 saturated carbocycles. The lowest BCUT2D eigenvalue weighted by Crippen LogP contribution is -2.36. The number of carbonyl (C=O) groups excluding carboxylic acids is 1. The monoisotopic (exact) mass is 456 g/mol. The number of rotatable bonds is 4. The minimum Gasteiger partial charge on any atom is -0.508 e. The molecule has 2 aliphatic rings. The van der Waals surface area contributed by atoms with Gasteiger partial charge in [-0.25, -0.2) is 0 Å². The van der Waals surface area contributed by atoms with Gasteiger partial charge in [-0.1, -0.05) is 48.5 Å². The van der Waals surface area contributed by atoms with E-state index < -0.39 is 0 Å². The number of phenols is 1. The van der Waals surface area contributed by atoms with Gasteiger partial charge in [0.05, 0.1) is 6.04 Å². The van der Waals surface area contributed by atoms with Crippen LogP contribution in [0.2, 0.25) is 0 Å². The molecule has 1 unspecified atom stereocenters. The van der Waals surface area contributed by atoms with Crippen molar-refractivity contribution in [3.8, 4) is 5.75 Å². The number of anilines is 1. The molecule has 168 valence electrons. The molecule has 5 heteroatoms. The fraction of sp³-hybridized carbons (Fsp3) is 0.250. The molecule has 1 fully saturated rings. The maximum absolute atomic E-state index is 12.5. The summed E-state index contributed by atoms with van der Waals surface area (Å²) in [7, 11) is 0. The maximum atomic E-state index is 12.5. The third kappa shape index (κ3) is 4.79. The second kappa shape index (κ2) is 9.75. The molecule has 0 aromatic heterocycles. The first-order valence-corrected chi connectivity index (χ1v) is 12.6. The maximum Gasteiger partial charge on any atom is 0.246 e. The number of benzene rings is 3. The van der Waals surface area contributed by atoms with Crippen molar-refractivity contribution < 1.29 is 9.90 Å². The number of aromatic hydroxyl groups is 1. The van der Waals surface area contributed by atoms with E-state index in [-0.39, 0.29) is 11.9 Å². The predicted molar refractivity (Wildman–Crippen MR) is 137 cm³/mol. The molecule has 0 aliphatic carbocycles. The van der Waals surface area contributed by atoms with E-state index in [1.54, 1.807) is 12.1 Å². The van der Waals surface area contributed by atoms with Crippen LogP contribution < -0.4 is 4.90 Å². The number of amides is 1. The molecule has 5 rings (SSSR count). The van der Waals surface area contributed by atoms with E-state index in [0.29, 0.717) is 5.75 Å². The van der Waals surface area contributed by atoms with Crippen LogP contribution >= 0.6 is 11.8 Å². The highest BCUT2D eigenvalue weighted by molar-refractivity contribution is 7.99. The number of carbonyl (C=O) groups is 1. The molecule has 0 bridgehead atoms. The standard InChI is InChI=1S/C28H28N2O2S/c31-25-11-12-26-23(20-25)14-15-30(24-4-2-1-3-5-24)28(26)22-9-6-21(7-10-22)8-13-27(32)29-16-18-33-19-17-29/h1-13,20,28,31H,14-19H2/b13-8+. The van der Waals surface area contributed by atoms with Crippen molar-refractivity contribution in [1.29, 1.82) is 0 Å². The van der Waals surface area contributed by atoms with Crippen molar-refractivity contribution in [2.75, 3.05) is 36.0 Å². The summed E-state index contributed by atoms with van der Waals surface area (Å²) in [6.07, 6.45) is 4.50. The Morgan fingerprint density at radius 3 is 2.45 bits per heavy atom. The molecule has 0 radical (unpaired) electrons. The van der Waals surface area contributed by atoms with Crippen molar-refractivity contribution in [3.63, 3.8) is 0 Å². The number of thioether (sulfide) groups is 1. The Balaban J connectivity index is 1.42. The van der Waals surface area contributed by atoms with Crippen molar-refractivity contribution >= 4 is 29.4 Å². The minimum absolute atomic E-state index is 0.0715. The van der Waals surface area contributed by atoms with Gasteiger partial charge < -0.3 is 14.9 Å². The number of hydrogen-bond donors (Lipinski definition) is 1. The Morgan fingerprint density at radius 1 is 0.939 bits per heavy atom. The fourth-order valence-electron chi connectivity index (χ4n) is 4.72. The molecule has 1 N–H and O–H groups in total. The Labute approximate surface area is 199 Å². The lowest BCUT2D eigenvalue weighted by atomic mass is 9.87. The lowest BCUT2D eigenvalue weighted by molar-refractivity contribution is -0.125. The summed E-state index contributed by atoms with van der Waals surface area (Å²) in [5.74, 6) is 2.45. The number of nitrogens with zero attached hydrogens (tertiary/aromatic N) is 2. The van der Waals surface area contributed by atoms with E-state index in [9.17, 15) is 9.90 Å². The molecule has 0 spiro atoms. The van der Waals surface area contributed by atoms with Crippen molar-refractivity contribution in [3.05, 3.63) is 101 Å². The average Bonchev–Trinajstić information content (AvgIpc) is 2.88. The molecule has 3 aromatic carbocycles. The van der Waals surface area contributed by atoms with Crippen LogP contribution in [0.1, 0.15) is 28.3 Å². The van der Waals surface area contributed by atoms with Crippen LogP contribution in [0.3, 0.4) is 0 Å². The van der Waals surface area contributed by atoms with Crippen molar-refractivity contribution in [1.82, 2.24) is 4.90 Å². The van der Waals surface area contributed by atoms with E-state index in [0.717, 1.165) is 43.1 Å². The average molecular weight is 457 g/mol. The molecule has 2 heterocycles. The highest BCUT2D eigenvalue weighted by Gasteiger charge is 2.29. The van der Waals surface area contributed by atoms with Crippen molar-refractivity contribution in [2.45, 2.75) is 12.5 Å². The predicted octanol–water partition coefficient (Wildman–Crippen LogP) is 5.13. The smallest absolute Gasteiger partial charge is 0.246 e. The molecule has 3 aromatic rings. The summed E-state index contributed by atoms with van der Waals surface area (Å²) in [5.41, 5.74) is 5.83. The van der Waals surface area contributed by atoms with E-state index >= 15 is 0 Å². The van der Waals surface area contributed by atoms with Gasteiger partial charge >= 0.3 is 0 Å². The Morgan fingerprint density at radius 2 is 1.70 bits per heavy atom. The lowest BCUT2D eigenvalue weighted by Gasteiger charge is -2.39. The molecule has 1 amide bonds. The third-order valence-electron chi connectivity index (χ3n) is 6.44. The summed E-state index contributed by atoms with van der Waals surface area (Å²) in [4.78, 5) is 16.8. The number of para-hydroxylation sites is 1. The van der Waals surface area contributed by atoms with Crippen LogP contribution in [0.15, 0.2) is 78.9 Å². The molecule has 4 nitrogen and oxygen atoms in total. The first-order valence-electron chi connectivity index (χ1n) is 11.5.